The number of benzene rings is 2. The zero-order chi connectivity index (χ0) is 19.3. The number of carbonyl (C=O) groups excluding carboxylic acids is 1. The van der Waals surface area contributed by atoms with Crippen molar-refractivity contribution in [2.24, 2.45) is 5.73 Å². The van der Waals surface area contributed by atoms with Gasteiger partial charge in [-0.15, -0.1) is 0 Å². The lowest BCUT2D eigenvalue weighted by atomic mass is 9.89. The number of likely N-dealkylation sites (tertiary alicyclic amines) is 1. The van der Waals surface area contributed by atoms with E-state index in [9.17, 15) is 4.79 Å². The van der Waals surface area contributed by atoms with Crippen molar-refractivity contribution in [3.63, 3.8) is 0 Å². The number of hydrogen-bond acceptors (Lipinski definition) is 2. The highest BCUT2D eigenvalue weighted by Gasteiger charge is 2.19. The molecule has 0 unspecified atom stereocenters. The van der Waals surface area contributed by atoms with Crippen molar-refractivity contribution in [1.82, 2.24) is 9.88 Å². The Morgan fingerprint density at radius 3 is 2.61 bits per heavy atom. The maximum absolute atomic E-state index is 11.4. The van der Waals surface area contributed by atoms with E-state index in [4.69, 9.17) is 5.73 Å². The summed E-state index contributed by atoms with van der Waals surface area (Å²) in [6.07, 6.45) is 8.00. The second-order valence-electron chi connectivity index (χ2n) is 7.92. The van der Waals surface area contributed by atoms with Gasteiger partial charge in [0.05, 0.1) is 0 Å². The molecule has 2 aromatic carbocycles. The Balaban J connectivity index is 1.24. The Labute approximate surface area is 166 Å². The Morgan fingerprint density at radius 2 is 1.86 bits per heavy atom. The summed E-state index contributed by atoms with van der Waals surface area (Å²) >= 11 is 0. The van der Waals surface area contributed by atoms with Crippen LogP contribution in [0.15, 0.2) is 54.7 Å². The number of nitrogens with one attached hydrogen (secondary N) is 1. The largest absolute Gasteiger partial charge is 0.366 e. The summed E-state index contributed by atoms with van der Waals surface area (Å²) in [6.45, 7) is 3.58. The lowest BCUT2D eigenvalue weighted by Gasteiger charge is -2.32. The molecule has 0 radical (unpaired) electrons. The highest BCUT2D eigenvalue weighted by Crippen LogP contribution is 2.28. The van der Waals surface area contributed by atoms with E-state index in [0.29, 0.717) is 5.56 Å². The summed E-state index contributed by atoms with van der Waals surface area (Å²) < 4.78 is 0. The highest BCUT2D eigenvalue weighted by molar-refractivity contribution is 5.97. The molecule has 4 rings (SSSR count). The van der Waals surface area contributed by atoms with Crippen molar-refractivity contribution in [1.29, 1.82) is 0 Å². The van der Waals surface area contributed by atoms with Crippen LogP contribution in [0.25, 0.3) is 10.9 Å². The second kappa shape index (κ2) is 8.61. The number of nitrogens with two attached hydrogens (primary N) is 1. The average Bonchev–Trinajstić information content (AvgIpc) is 3.14. The van der Waals surface area contributed by atoms with Gasteiger partial charge in [-0.1, -0.05) is 30.3 Å². The number of rotatable bonds is 7. The van der Waals surface area contributed by atoms with Crippen molar-refractivity contribution in [2.45, 2.75) is 38.0 Å². The van der Waals surface area contributed by atoms with E-state index in [0.717, 1.165) is 29.7 Å². The SMILES string of the molecule is NC(=O)c1ccc2[nH]cc(CCCCN3CCC(c4ccccc4)CC3)c2c1. The zero-order valence-electron chi connectivity index (χ0n) is 16.4. The van der Waals surface area contributed by atoms with Crippen molar-refractivity contribution >= 4 is 16.8 Å². The van der Waals surface area contributed by atoms with Gasteiger partial charge in [-0.25, -0.2) is 0 Å². The molecule has 0 atom stereocenters. The number of nitrogens with zero attached hydrogens (tertiary/aromatic N) is 1. The predicted molar refractivity (Wildman–Crippen MR) is 115 cm³/mol. The molecular formula is C24H29N3O. The molecule has 4 heteroatoms. The van der Waals surface area contributed by atoms with Crippen LogP contribution in [0.3, 0.4) is 0 Å². The monoisotopic (exact) mass is 375 g/mol. The number of H-pyrrole nitrogens is 1. The van der Waals surface area contributed by atoms with Crippen LogP contribution >= 0.6 is 0 Å². The number of carbonyl (C=O) groups is 1. The number of unbranched alkanes of at least 4 members (excludes halogenated alkanes) is 1. The first-order valence-corrected chi connectivity index (χ1v) is 10.4. The molecule has 0 bridgehead atoms. The molecule has 1 aliphatic rings. The normalized spacial score (nSPS) is 15.9. The van der Waals surface area contributed by atoms with E-state index in [1.54, 1.807) is 6.07 Å². The fourth-order valence-corrected chi connectivity index (χ4v) is 4.40. The Kier molecular flexibility index (Phi) is 5.77. The van der Waals surface area contributed by atoms with Gasteiger partial charge in [-0.3, -0.25) is 4.79 Å². The maximum atomic E-state index is 11.4. The molecular weight excluding hydrogens is 346 g/mol. The summed E-state index contributed by atoms with van der Waals surface area (Å²) in [4.78, 5) is 17.3. The molecule has 1 saturated heterocycles. The van der Waals surface area contributed by atoms with Crippen LogP contribution in [-0.4, -0.2) is 35.4 Å². The number of hydrogen-bond donors (Lipinski definition) is 2. The van der Waals surface area contributed by atoms with Crippen LogP contribution in [0, 0.1) is 0 Å². The van der Waals surface area contributed by atoms with Crippen molar-refractivity contribution in [3.05, 3.63) is 71.4 Å². The van der Waals surface area contributed by atoms with E-state index in [1.807, 2.05) is 12.1 Å². The third-order valence-electron chi connectivity index (χ3n) is 6.08. The van der Waals surface area contributed by atoms with Crippen LogP contribution < -0.4 is 5.73 Å². The first-order valence-electron chi connectivity index (χ1n) is 10.4. The van der Waals surface area contributed by atoms with E-state index in [-0.39, 0.29) is 5.91 Å². The molecule has 3 aromatic rings. The molecule has 1 aliphatic heterocycles. The minimum absolute atomic E-state index is 0.368. The predicted octanol–water partition coefficient (Wildman–Crippen LogP) is 4.47. The molecule has 0 spiro atoms. The molecule has 0 aliphatic carbocycles. The summed E-state index contributed by atoms with van der Waals surface area (Å²) in [7, 11) is 0. The number of piperidine rings is 1. The third-order valence-corrected chi connectivity index (χ3v) is 6.08. The zero-order valence-corrected chi connectivity index (χ0v) is 16.4. The first kappa shape index (κ1) is 18.8. The van der Waals surface area contributed by atoms with Gasteiger partial charge in [-0.2, -0.15) is 0 Å². The fraction of sp³-hybridized carbons (Fsp3) is 0.375. The summed E-state index contributed by atoms with van der Waals surface area (Å²) in [6, 6.07) is 16.6. The smallest absolute Gasteiger partial charge is 0.248 e. The fourth-order valence-electron chi connectivity index (χ4n) is 4.40. The molecule has 0 saturated carbocycles. The summed E-state index contributed by atoms with van der Waals surface area (Å²) in [5.74, 6) is 0.357. The van der Waals surface area contributed by atoms with Crippen molar-refractivity contribution in [2.75, 3.05) is 19.6 Å². The van der Waals surface area contributed by atoms with Crippen LogP contribution in [0.5, 0.6) is 0 Å². The quantitative estimate of drug-likeness (QED) is 0.599. The van der Waals surface area contributed by atoms with Crippen LogP contribution in [0.2, 0.25) is 0 Å². The Hall–Kier alpha value is -2.59. The molecule has 1 amide bonds. The molecule has 1 fully saturated rings. The van der Waals surface area contributed by atoms with Gasteiger partial charge in [0.1, 0.15) is 0 Å². The first-order chi connectivity index (χ1) is 13.7. The average molecular weight is 376 g/mol. The number of fused-ring (bicyclic) bond motifs is 1. The van der Waals surface area contributed by atoms with Gasteiger partial charge in [-0.05, 0) is 87.0 Å². The summed E-state index contributed by atoms with van der Waals surface area (Å²) in [5.41, 5.74) is 9.85. The standard InChI is InChI=1S/C24H29N3O/c25-24(28)20-9-10-23-22(16-20)21(17-26-23)8-4-5-13-27-14-11-19(12-15-27)18-6-2-1-3-7-18/h1-3,6-7,9-10,16-17,19,26H,4-5,8,11-15H2,(H2,25,28). The van der Waals surface area contributed by atoms with Crippen LogP contribution in [0.1, 0.15) is 53.1 Å². The van der Waals surface area contributed by atoms with E-state index in [2.05, 4.69) is 46.4 Å². The van der Waals surface area contributed by atoms with Gasteiger partial charge in [0.15, 0.2) is 0 Å². The van der Waals surface area contributed by atoms with E-state index >= 15 is 0 Å². The van der Waals surface area contributed by atoms with Crippen LogP contribution in [0.4, 0.5) is 0 Å². The van der Waals surface area contributed by atoms with Gasteiger partial charge in [0, 0.05) is 22.7 Å². The van der Waals surface area contributed by atoms with Gasteiger partial charge in [0.25, 0.3) is 0 Å². The van der Waals surface area contributed by atoms with Gasteiger partial charge >= 0.3 is 0 Å². The number of aromatic nitrogens is 1. The lowest BCUT2D eigenvalue weighted by Crippen LogP contribution is -2.33. The number of primary amides is 1. The molecule has 4 nitrogen and oxygen atoms in total. The Morgan fingerprint density at radius 1 is 1.07 bits per heavy atom. The Bertz CT molecular complexity index is 923. The van der Waals surface area contributed by atoms with Crippen molar-refractivity contribution in [3.8, 4) is 0 Å². The number of aromatic amines is 1. The molecule has 3 N–H and O–H groups in total. The number of amides is 1. The molecule has 2 heterocycles. The third kappa shape index (κ3) is 4.28. The molecule has 146 valence electrons. The lowest BCUT2D eigenvalue weighted by molar-refractivity contribution is 0.100. The highest BCUT2D eigenvalue weighted by atomic mass is 16.1. The van der Waals surface area contributed by atoms with Crippen LogP contribution in [-0.2, 0) is 6.42 Å². The van der Waals surface area contributed by atoms with E-state index < -0.39 is 0 Å². The molecule has 28 heavy (non-hydrogen) atoms. The van der Waals surface area contributed by atoms with E-state index in [1.165, 1.54) is 50.0 Å². The second-order valence-corrected chi connectivity index (χ2v) is 7.92. The summed E-state index contributed by atoms with van der Waals surface area (Å²) in [5, 5.41) is 1.12. The minimum atomic E-state index is -0.368. The topological polar surface area (TPSA) is 62.1 Å². The van der Waals surface area contributed by atoms with Crippen molar-refractivity contribution < 1.29 is 4.79 Å². The van der Waals surface area contributed by atoms with Gasteiger partial charge in [0.2, 0.25) is 5.91 Å². The van der Waals surface area contributed by atoms with Gasteiger partial charge < -0.3 is 15.6 Å². The molecule has 1 aromatic heterocycles. The minimum Gasteiger partial charge on any atom is -0.366 e. The number of aryl methyl sites for hydroxylation is 1. The maximum Gasteiger partial charge on any atom is 0.248 e.